The Labute approximate surface area is 147 Å². The van der Waals surface area contributed by atoms with Gasteiger partial charge in [0.05, 0.1) is 17.8 Å². The van der Waals surface area contributed by atoms with Crippen molar-refractivity contribution in [3.05, 3.63) is 57.5 Å². The summed E-state index contributed by atoms with van der Waals surface area (Å²) in [6.45, 7) is -0.134. The summed E-state index contributed by atoms with van der Waals surface area (Å²) in [6.07, 6.45) is 1.53. The second-order valence-corrected chi connectivity index (χ2v) is 5.72. The minimum atomic E-state index is -0.358. The summed E-state index contributed by atoms with van der Waals surface area (Å²) in [7, 11) is 1.59. The first-order valence-corrected chi connectivity index (χ1v) is 7.79. The van der Waals surface area contributed by atoms with Gasteiger partial charge < -0.3 is 9.47 Å². The summed E-state index contributed by atoms with van der Waals surface area (Å²) in [6, 6.07) is 12.2. The third-order valence-corrected chi connectivity index (χ3v) is 3.63. The number of carbonyl (C=O) groups excluding carboxylic acids is 1. The number of rotatable bonds is 6. The molecular weight excluding hydrogens is 384 g/mol. The molecule has 23 heavy (non-hydrogen) atoms. The standard InChI is InChI=1S/C16H14BrClN2O3/c1-22-15-7-2-11(8-14(15)17)9-19-20-16(21)10-23-13-5-3-12(18)4-6-13/h2-9H,10H2,1H3,(H,20,21)/b19-9-. The van der Waals surface area contributed by atoms with E-state index in [0.29, 0.717) is 10.8 Å². The Morgan fingerprint density at radius 2 is 2.04 bits per heavy atom. The van der Waals surface area contributed by atoms with Crippen molar-refractivity contribution >= 4 is 39.7 Å². The van der Waals surface area contributed by atoms with Crippen LogP contribution in [0.15, 0.2) is 52.0 Å². The van der Waals surface area contributed by atoms with Crippen molar-refractivity contribution in [2.75, 3.05) is 13.7 Å². The number of nitrogens with one attached hydrogen (secondary N) is 1. The van der Waals surface area contributed by atoms with Crippen LogP contribution in [0.3, 0.4) is 0 Å². The zero-order valence-corrected chi connectivity index (χ0v) is 14.6. The van der Waals surface area contributed by atoms with E-state index in [4.69, 9.17) is 21.1 Å². The van der Waals surface area contributed by atoms with Gasteiger partial charge in [-0.1, -0.05) is 11.6 Å². The van der Waals surface area contributed by atoms with Gasteiger partial charge in [0.15, 0.2) is 6.61 Å². The Hall–Kier alpha value is -2.05. The van der Waals surface area contributed by atoms with Crippen molar-refractivity contribution in [1.29, 1.82) is 0 Å². The molecule has 7 heteroatoms. The van der Waals surface area contributed by atoms with E-state index in [0.717, 1.165) is 15.8 Å². The summed E-state index contributed by atoms with van der Waals surface area (Å²) < 4.78 is 11.3. The van der Waals surface area contributed by atoms with Crippen molar-refractivity contribution in [2.24, 2.45) is 5.10 Å². The maximum Gasteiger partial charge on any atom is 0.277 e. The monoisotopic (exact) mass is 396 g/mol. The molecule has 0 aliphatic heterocycles. The highest BCUT2D eigenvalue weighted by atomic mass is 79.9. The minimum absolute atomic E-state index is 0.134. The molecule has 0 heterocycles. The molecule has 0 aromatic heterocycles. The number of ether oxygens (including phenoxy) is 2. The largest absolute Gasteiger partial charge is 0.496 e. The van der Waals surface area contributed by atoms with Crippen LogP contribution in [0.1, 0.15) is 5.56 Å². The minimum Gasteiger partial charge on any atom is -0.496 e. The van der Waals surface area contributed by atoms with Crippen LogP contribution in [0.5, 0.6) is 11.5 Å². The molecule has 5 nitrogen and oxygen atoms in total. The third kappa shape index (κ3) is 5.58. The van der Waals surface area contributed by atoms with Crippen LogP contribution in [0.25, 0.3) is 0 Å². The van der Waals surface area contributed by atoms with Gasteiger partial charge >= 0.3 is 0 Å². The topological polar surface area (TPSA) is 59.9 Å². The molecule has 0 saturated carbocycles. The average molecular weight is 398 g/mol. The zero-order chi connectivity index (χ0) is 16.7. The number of hydrogen-bond donors (Lipinski definition) is 1. The smallest absolute Gasteiger partial charge is 0.277 e. The van der Waals surface area contributed by atoms with Crippen LogP contribution < -0.4 is 14.9 Å². The molecule has 0 aliphatic carbocycles. The van der Waals surface area contributed by atoms with Gasteiger partial charge in [0.25, 0.3) is 5.91 Å². The fourth-order valence-electron chi connectivity index (χ4n) is 1.65. The highest BCUT2D eigenvalue weighted by molar-refractivity contribution is 9.10. The Morgan fingerprint density at radius 1 is 1.30 bits per heavy atom. The number of nitrogens with zero attached hydrogens (tertiary/aromatic N) is 1. The van der Waals surface area contributed by atoms with E-state index in [1.165, 1.54) is 6.21 Å². The van der Waals surface area contributed by atoms with Gasteiger partial charge in [-0.25, -0.2) is 5.43 Å². The van der Waals surface area contributed by atoms with E-state index in [1.807, 2.05) is 12.1 Å². The average Bonchev–Trinajstić information content (AvgIpc) is 2.54. The second kappa shape index (κ2) is 8.55. The maximum atomic E-state index is 11.6. The Kier molecular flexibility index (Phi) is 6.43. The van der Waals surface area contributed by atoms with Crippen molar-refractivity contribution in [2.45, 2.75) is 0 Å². The second-order valence-electron chi connectivity index (χ2n) is 4.43. The molecule has 0 radical (unpaired) electrons. The van der Waals surface area contributed by atoms with Crippen LogP contribution in [0, 0.1) is 0 Å². The quantitative estimate of drug-likeness (QED) is 0.598. The number of hydrogen-bond acceptors (Lipinski definition) is 4. The Bertz CT molecular complexity index is 705. The lowest BCUT2D eigenvalue weighted by Crippen LogP contribution is -2.24. The molecule has 0 atom stereocenters. The summed E-state index contributed by atoms with van der Waals surface area (Å²) in [5.74, 6) is 0.930. The molecule has 0 aliphatic rings. The third-order valence-electron chi connectivity index (χ3n) is 2.76. The van der Waals surface area contributed by atoms with Gasteiger partial charge in [-0.15, -0.1) is 0 Å². The predicted octanol–water partition coefficient (Wildman–Crippen LogP) is 3.64. The van der Waals surface area contributed by atoms with Crippen LogP contribution in [-0.2, 0) is 4.79 Å². The number of carbonyl (C=O) groups is 1. The maximum absolute atomic E-state index is 11.6. The Balaban J connectivity index is 1.81. The first-order valence-electron chi connectivity index (χ1n) is 6.62. The highest BCUT2D eigenvalue weighted by Crippen LogP contribution is 2.24. The van der Waals surface area contributed by atoms with Gasteiger partial charge in [0.1, 0.15) is 11.5 Å². The molecule has 120 valence electrons. The molecule has 1 N–H and O–H groups in total. The molecule has 0 fully saturated rings. The first kappa shape index (κ1) is 17.3. The van der Waals surface area contributed by atoms with Crippen molar-refractivity contribution in [3.63, 3.8) is 0 Å². The highest BCUT2D eigenvalue weighted by Gasteiger charge is 2.02. The van der Waals surface area contributed by atoms with Gasteiger partial charge in [0, 0.05) is 5.02 Å². The molecule has 2 aromatic rings. The predicted molar refractivity (Wildman–Crippen MR) is 93.4 cm³/mol. The van der Waals surface area contributed by atoms with Crippen molar-refractivity contribution in [3.8, 4) is 11.5 Å². The normalized spacial score (nSPS) is 10.6. The molecule has 2 aromatic carbocycles. The molecule has 0 unspecified atom stereocenters. The van der Waals surface area contributed by atoms with E-state index in [9.17, 15) is 4.79 Å². The van der Waals surface area contributed by atoms with Gasteiger partial charge in [-0.2, -0.15) is 5.10 Å². The van der Waals surface area contributed by atoms with Crippen molar-refractivity contribution < 1.29 is 14.3 Å². The van der Waals surface area contributed by atoms with E-state index < -0.39 is 0 Å². The van der Waals surface area contributed by atoms with E-state index in [2.05, 4.69) is 26.5 Å². The number of halogens is 2. The van der Waals surface area contributed by atoms with Crippen LogP contribution in [-0.4, -0.2) is 25.8 Å². The van der Waals surface area contributed by atoms with Gasteiger partial charge in [0.2, 0.25) is 0 Å². The fraction of sp³-hybridized carbons (Fsp3) is 0.125. The van der Waals surface area contributed by atoms with E-state index in [1.54, 1.807) is 37.4 Å². The van der Waals surface area contributed by atoms with Crippen LogP contribution >= 0.6 is 27.5 Å². The first-order chi connectivity index (χ1) is 11.1. The van der Waals surface area contributed by atoms with E-state index >= 15 is 0 Å². The van der Waals surface area contributed by atoms with Crippen LogP contribution in [0.4, 0.5) is 0 Å². The number of benzene rings is 2. The number of amides is 1. The SMILES string of the molecule is COc1ccc(/C=N\NC(=O)COc2ccc(Cl)cc2)cc1Br. The number of hydrazone groups is 1. The van der Waals surface area contributed by atoms with Gasteiger partial charge in [-0.05, 0) is 64.0 Å². The zero-order valence-electron chi connectivity index (χ0n) is 12.3. The lowest BCUT2D eigenvalue weighted by molar-refractivity contribution is -0.123. The molecule has 0 saturated heterocycles. The molecule has 0 bridgehead atoms. The summed E-state index contributed by atoms with van der Waals surface area (Å²) in [5.41, 5.74) is 3.21. The fourth-order valence-corrected chi connectivity index (χ4v) is 2.34. The van der Waals surface area contributed by atoms with Crippen LogP contribution in [0.2, 0.25) is 5.02 Å². The lowest BCUT2D eigenvalue weighted by atomic mass is 10.2. The lowest BCUT2D eigenvalue weighted by Gasteiger charge is -2.05. The summed E-state index contributed by atoms with van der Waals surface area (Å²) in [4.78, 5) is 11.6. The summed E-state index contributed by atoms with van der Waals surface area (Å²) >= 11 is 9.15. The number of methoxy groups -OCH3 is 1. The van der Waals surface area contributed by atoms with Gasteiger partial charge in [-0.3, -0.25) is 4.79 Å². The molecule has 2 rings (SSSR count). The summed E-state index contributed by atoms with van der Waals surface area (Å²) in [5, 5.41) is 4.49. The van der Waals surface area contributed by atoms with Crippen molar-refractivity contribution in [1.82, 2.24) is 5.43 Å². The molecule has 0 spiro atoms. The molecular formula is C16H14BrClN2O3. The molecule has 1 amide bonds. The Morgan fingerprint density at radius 3 is 2.70 bits per heavy atom. The van der Waals surface area contributed by atoms with E-state index in [-0.39, 0.29) is 12.5 Å².